The summed E-state index contributed by atoms with van der Waals surface area (Å²) in [5, 5.41) is 17.6. The quantitative estimate of drug-likeness (QED) is 0.361. The number of hydrogen-bond donors (Lipinski definition) is 2. The molecule has 3 atom stereocenters. The Morgan fingerprint density at radius 3 is 2.31 bits per heavy atom. The standard InChI is InChI=1S/C7H12O6/c1-12-7(4-10)13-6(3-9)5(11)2-8/h2,4-7,9,11H,3H2,1H3. The van der Waals surface area contributed by atoms with Crippen LogP contribution in [0.25, 0.3) is 0 Å². The van der Waals surface area contributed by atoms with Crippen LogP contribution in [0.3, 0.4) is 0 Å². The zero-order chi connectivity index (χ0) is 10.3. The van der Waals surface area contributed by atoms with Crippen molar-refractivity contribution in [3.05, 3.63) is 0 Å². The molecular formula is C7H12O6. The van der Waals surface area contributed by atoms with E-state index in [0.717, 1.165) is 0 Å². The lowest BCUT2D eigenvalue weighted by molar-refractivity contribution is -0.184. The minimum Gasteiger partial charge on any atom is -0.394 e. The molecule has 76 valence electrons. The lowest BCUT2D eigenvalue weighted by Gasteiger charge is -2.19. The summed E-state index contributed by atoms with van der Waals surface area (Å²) >= 11 is 0. The fraction of sp³-hybridized carbons (Fsp3) is 0.714. The molecule has 0 heterocycles. The highest BCUT2D eigenvalue weighted by atomic mass is 16.7. The third kappa shape index (κ3) is 4.09. The summed E-state index contributed by atoms with van der Waals surface area (Å²) in [5.74, 6) is 0. The summed E-state index contributed by atoms with van der Waals surface area (Å²) in [4.78, 5) is 20.3. The molecule has 0 aromatic rings. The van der Waals surface area contributed by atoms with Crippen molar-refractivity contribution < 1.29 is 29.3 Å². The fourth-order valence-electron chi connectivity index (χ4n) is 0.635. The Morgan fingerprint density at radius 2 is 2.00 bits per heavy atom. The summed E-state index contributed by atoms with van der Waals surface area (Å²) in [7, 11) is 1.22. The van der Waals surface area contributed by atoms with Crippen molar-refractivity contribution in [3.8, 4) is 0 Å². The predicted octanol–water partition coefficient (Wildman–Crippen LogP) is -1.90. The van der Waals surface area contributed by atoms with Gasteiger partial charge in [0.25, 0.3) is 0 Å². The highest BCUT2D eigenvalue weighted by molar-refractivity contribution is 5.57. The summed E-state index contributed by atoms with van der Waals surface area (Å²) < 4.78 is 9.23. The van der Waals surface area contributed by atoms with Crippen molar-refractivity contribution in [2.24, 2.45) is 0 Å². The van der Waals surface area contributed by atoms with Gasteiger partial charge in [0.15, 0.2) is 12.6 Å². The number of carbonyl (C=O) groups excluding carboxylic acids is 2. The Labute approximate surface area is 75.1 Å². The van der Waals surface area contributed by atoms with Gasteiger partial charge in [0.2, 0.25) is 6.29 Å². The number of rotatable bonds is 7. The van der Waals surface area contributed by atoms with Crippen LogP contribution in [-0.4, -0.2) is 55.0 Å². The SMILES string of the molecule is COC(C=O)OC(CO)C(O)C=O. The molecule has 3 unspecified atom stereocenters. The maximum absolute atomic E-state index is 10.2. The van der Waals surface area contributed by atoms with E-state index >= 15 is 0 Å². The first-order valence-corrected chi connectivity index (χ1v) is 3.57. The molecule has 0 aromatic heterocycles. The molecule has 0 amide bonds. The number of methoxy groups -OCH3 is 1. The van der Waals surface area contributed by atoms with E-state index in [1.54, 1.807) is 0 Å². The van der Waals surface area contributed by atoms with Gasteiger partial charge >= 0.3 is 0 Å². The molecule has 0 spiro atoms. The minimum absolute atomic E-state index is 0.207. The molecule has 0 rings (SSSR count). The van der Waals surface area contributed by atoms with Crippen molar-refractivity contribution in [1.29, 1.82) is 0 Å². The van der Waals surface area contributed by atoms with Crippen LogP contribution in [0.5, 0.6) is 0 Å². The number of carbonyl (C=O) groups is 2. The second kappa shape index (κ2) is 6.67. The summed E-state index contributed by atoms with van der Waals surface area (Å²) in [6.07, 6.45) is -3.25. The first kappa shape index (κ1) is 12.2. The van der Waals surface area contributed by atoms with E-state index in [4.69, 9.17) is 14.9 Å². The van der Waals surface area contributed by atoms with E-state index in [2.05, 4.69) is 4.74 Å². The van der Waals surface area contributed by atoms with Crippen LogP contribution in [-0.2, 0) is 19.1 Å². The summed E-state index contributed by atoms with van der Waals surface area (Å²) in [6.45, 7) is -0.576. The molecule has 0 aliphatic carbocycles. The van der Waals surface area contributed by atoms with E-state index in [1.807, 2.05) is 0 Å². The molecule has 6 heteroatoms. The Hall–Kier alpha value is -0.820. The van der Waals surface area contributed by atoms with Crippen LogP contribution in [0.15, 0.2) is 0 Å². The monoisotopic (exact) mass is 192 g/mol. The fourth-order valence-corrected chi connectivity index (χ4v) is 0.635. The average molecular weight is 192 g/mol. The number of hydrogen-bond acceptors (Lipinski definition) is 6. The Bertz CT molecular complexity index is 159. The van der Waals surface area contributed by atoms with Gasteiger partial charge < -0.3 is 24.5 Å². The first-order chi connectivity index (χ1) is 6.19. The van der Waals surface area contributed by atoms with Gasteiger partial charge in [-0.2, -0.15) is 0 Å². The zero-order valence-corrected chi connectivity index (χ0v) is 7.12. The van der Waals surface area contributed by atoms with E-state index in [9.17, 15) is 9.59 Å². The Kier molecular flexibility index (Phi) is 6.25. The Balaban J connectivity index is 4.09. The average Bonchev–Trinajstić information content (AvgIpc) is 2.19. The molecule has 2 N–H and O–H groups in total. The molecular weight excluding hydrogens is 180 g/mol. The Morgan fingerprint density at radius 1 is 1.38 bits per heavy atom. The van der Waals surface area contributed by atoms with E-state index in [0.29, 0.717) is 6.29 Å². The smallest absolute Gasteiger partial charge is 0.214 e. The van der Waals surface area contributed by atoms with Gasteiger partial charge in [-0.25, -0.2) is 0 Å². The molecule has 0 aliphatic heterocycles. The van der Waals surface area contributed by atoms with Gasteiger partial charge in [0.05, 0.1) is 6.61 Å². The molecule has 0 aromatic carbocycles. The number of ether oxygens (including phenoxy) is 2. The number of aliphatic hydroxyl groups excluding tert-OH is 2. The van der Waals surface area contributed by atoms with Crippen molar-refractivity contribution in [3.63, 3.8) is 0 Å². The van der Waals surface area contributed by atoms with E-state index < -0.39 is 25.1 Å². The minimum atomic E-state index is -1.47. The maximum Gasteiger partial charge on any atom is 0.214 e. The van der Waals surface area contributed by atoms with Crippen molar-refractivity contribution in [2.45, 2.75) is 18.5 Å². The van der Waals surface area contributed by atoms with Crippen molar-refractivity contribution in [2.75, 3.05) is 13.7 Å². The van der Waals surface area contributed by atoms with Gasteiger partial charge in [0, 0.05) is 7.11 Å². The topological polar surface area (TPSA) is 93.1 Å². The molecule has 0 saturated heterocycles. The normalized spacial score (nSPS) is 17.5. The van der Waals surface area contributed by atoms with Gasteiger partial charge in [-0.1, -0.05) is 0 Å². The van der Waals surface area contributed by atoms with Gasteiger partial charge in [-0.05, 0) is 0 Å². The molecule has 0 radical (unpaired) electrons. The highest BCUT2D eigenvalue weighted by Gasteiger charge is 2.22. The van der Waals surface area contributed by atoms with Gasteiger partial charge in [-0.3, -0.25) is 4.79 Å². The molecule has 0 bridgehead atoms. The first-order valence-electron chi connectivity index (χ1n) is 3.57. The van der Waals surface area contributed by atoms with Crippen molar-refractivity contribution >= 4 is 12.6 Å². The van der Waals surface area contributed by atoms with Crippen LogP contribution in [0.1, 0.15) is 0 Å². The molecule has 0 saturated carbocycles. The number of aliphatic hydroxyl groups is 2. The second-order valence-electron chi connectivity index (χ2n) is 2.22. The third-order valence-electron chi connectivity index (χ3n) is 1.35. The maximum atomic E-state index is 10.2. The summed E-state index contributed by atoms with van der Waals surface area (Å²) in [6, 6.07) is 0. The molecule has 0 aliphatic rings. The predicted molar refractivity (Wildman–Crippen MR) is 40.9 cm³/mol. The van der Waals surface area contributed by atoms with Gasteiger partial charge in [0.1, 0.15) is 12.2 Å². The van der Waals surface area contributed by atoms with Crippen LogP contribution < -0.4 is 0 Å². The number of aldehydes is 2. The van der Waals surface area contributed by atoms with Crippen LogP contribution in [0, 0.1) is 0 Å². The van der Waals surface area contributed by atoms with Crippen molar-refractivity contribution in [1.82, 2.24) is 0 Å². The second-order valence-corrected chi connectivity index (χ2v) is 2.22. The largest absolute Gasteiger partial charge is 0.394 e. The summed E-state index contributed by atoms with van der Waals surface area (Å²) in [5.41, 5.74) is 0. The van der Waals surface area contributed by atoms with Crippen LogP contribution in [0.2, 0.25) is 0 Å². The molecule has 13 heavy (non-hydrogen) atoms. The lowest BCUT2D eigenvalue weighted by Crippen LogP contribution is -2.37. The highest BCUT2D eigenvalue weighted by Crippen LogP contribution is 2.01. The van der Waals surface area contributed by atoms with Crippen LogP contribution >= 0.6 is 0 Å². The molecule has 0 fully saturated rings. The molecule has 6 nitrogen and oxygen atoms in total. The van der Waals surface area contributed by atoms with E-state index in [-0.39, 0.29) is 6.29 Å². The third-order valence-corrected chi connectivity index (χ3v) is 1.35. The van der Waals surface area contributed by atoms with Gasteiger partial charge in [-0.15, -0.1) is 0 Å². The zero-order valence-electron chi connectivity index (χ0n) is 7.12. The van der Waals surface area contributed by atoms with E-state index in [1.165, 1.54) is 7.11 Å². The van der Waals surface area contributed by atoms with Crippen LogP contribution in [0.4, 0.5) is 0 Å². The lowest BCUT2D eigenvalue weighted by atomic mass is 10.2.